The molecule has 0 atom stereocenters. The minimum Gasteiger partial charge on any atom is -0.329 e. The lowest BCUT2D eigenvalue weighted by atomic mass is 10.1. The van der Waals surface area contributed by atoms with Crippen LogP contribution in [0.3, 0.4) is 0 Å². The standard InChI is InChI=1S/C18H21FN2O2S/c1-15-2-4-16(5-3-15)14-20-10-12-21(13-11-20)24(22,23)18-8-6-17(19)7-9-18/h2-9H,10-14H2,1H3/p+1. The molecule has 1 saturated heterocycles. The van der Waals surface area contributed by atoms with Crippen LogP contribution >= 0.6 is 0 Å². The van der Waals surface area contributed by atoms with Crippen molar-refractivity contribution >= 4 is 10.0 Å². The van der Waals surface area contributed by atoms with E-state index in [9.17, 15) is 12.8 Å². The monoisotopic (exact) mass is 349 g/mol. The summed E-state index contributed by atoms with van der Waals surface area (Å²) < 4.78 is 39.7. The molecule has 1 heterocycles. The highest BCUT2D eigenvalue weighted by Crippen LogP contribution is 2.16. The predicted octanol–water partition coefficient (Wildman–Crippen LogP) is 1.22. The van der Waals surface area contributed by atoms with Crippen molar-refractivity contribution in [2.24, 2.45) is 0 Å². The molecule has 0 saturated carbocycles. The molecule has 2 aromatic carbocycles. The van der Waals surface area contributed by atoms with Gasteiger partial charge >= 0.3 is 0 Å². The first-order valence-corrected chi connectivity index (χ1v) is 9.54. The summed E-state index contributed by atoms with van der Waals surface area (Å²) in [5.74, 6) is -0.429. The first-order chi connectivity index (χ1) is 11.4. The summed E-state index contributed by atoms with van der Waals surface area (Å²) in [6.07, 6.45) is 0. The molecule has 4 nitrogen and oxygen atoms in total. The molecule has 1 N–H and O–H groups in total. The van der Waals surface area contributed by atoms with Crippen LogP contribution in [-0.2, 0) is 16.6 Å². The van der Waals surface area contributed by atoms with Crippen LogP contribution in [0, 0.1) is 12.7 Å². The van der Waals surface area contributed by atoms with Crippen molar-refractivity contribution in [1.29, 1.82) is 0 Å². The molecular weight excluding hydrogens is 327 g/mol. The number of halogens is 1. The van der Waals surface area contributed by atoms with Crippen molar-refractivity contribution in [3.63, 3.8) is 0 Å². The zero-order valence-corrected chi connectivity index (χ0v) is 14.5. The lowest BCUT2D eigenvalue weighted by Crippen LogP contribution is -3.13. The zero-order valence-electron chi connectivity index (χ0n) is 13.7. The third kappa shape index (κ3) is 3.83. The SMILES string of the molecule is Cc1ccc(C[NH+]2CCN(S(=O)(=O)c3ccc(F)cc3)CC2)cc1. The average molecular weight is 349 g/mol. The summed E-state index contributed by atoms with van der Waals surface area (Å²) >= 11 is 0. The van der Waals surface area contributed by atoms with Gasteiger partial charge in [0.05, 0.1) is 31.1 Å². The van der Waals surface area contributed by atoms with Crippen LogP contribution in [0.25, 0.3) is 0 Å². The highest BCUT2D eigenvalue weighted by molar-refractivity contribution is 7.89. The van der Waals surface area contributed by atoms with E-state index in [1.165, 1.54) is 44.6 Å². The van der Waals surface area contributed by atoms with Crippen LogP contribution < -0.4 is 4.90 Å². The van der Waals surface area contributed by atoms with E-state index >= 15 is 0 Å². The molecule has 6 heteroatoms. The van der Waals surface area contributed by atoms with Crippen molar-refractivity contribution in [3.05, 3.63) is 65.5 Å². The second kappa shape index (κ2) is 7.01. The molecule has 3 rings (SSSR count). The van der Waals surface area contributed by atoms with E-state index in [1.54, 1.807) is 0 Å². The lowest BCUT2D eigenvalue weighted by Gasteiger charge is -2.31. The molecule has 0 bridgehead atoms. The molecular formula is C18H22FN2O2S+. The number of rotatable bonds is 4. The average Bonchev–Trinajstić information content (AvgIpc) is 2.58. The number of hydrogen-bond acceptors (Lipinski definition) is 2. The van der Waals surface area contributed by atoms with Crippen LogP contribution in [0.4, 0.5) is 4.39 Å². The normalized spacial score (nSPS) is 17.1. The minimum absolute atomic E-state index is 0.158. The van der Waals surface area contributed by atoms with E-state index in [4.69, 9.17) is 0 Å². The fraction of sp³-hybridized carbons (Fsp3) is 0.333. The molecule has 0 radical (unpaired) electrons. The summed E-state index contributed by atoms with van der Waals surface area (Å²) in [4.78, 5) is 1.54. The number of nitrogens with one attached hydrogen (secondary N) is 1. The van der Waals surface area contributed by atoms with Crippen molar-refractivity contribution in [1.82, 2.24) is 4.31 Å². The summed E-state index contributed by atoms with van der Waals surface area (Å²) in [6, 6.07) is 13.5. The molecule has 0 amide bonds. The van der Waals surface area contributed by atoms with Gasteiger partial charge in [0.2, 0.25) is 10.0 Å². The molecule has 1 aliphatic rings. The van der Waals surface area contributed by atoms with E-state index in [0.29, 0.717) is 13.1 Å². The van der Waals surface area contributed by atoms with Gasteiger partial charge in [-0.1, -0.05) is 29.8 Å². The summed E-state index contributed by atoms with van der Waals surface area (Å²) in [5.41, 5.74) is 2.51. The first-order valence-electron chi connectivity index (χ1n) is 8.10. The Kier molecular flexibility index (Phi) is 4.99. The number of quaternary nitrogens is 1. The number of hydrogen-bond donors (Lipinski definition) is 1. The van der Waals surface area contributed by atoms with Crippen molar-refractivity contribution in [2.75, 3.05) is 26.2 Å². The number of nitrogens with zero attached hydrogens (tertiary/aromatic N) is 1. The minimum atomic E-state index is -3.53. The fourth-order valence-electron chi connectivity index (χ4n) is 2.97. The largest absolute Gasteiger partial charge is 0.329 e. The Morgan fingerprint density at radius 2 is 1.58 bits per heavy atom. The predicted molar refractivity (Wildman–Crippen MR) is 90.7 cm³/mol. The van der Waals surface area contributed by atoms with E-state index in [2.05, 4.69) is 31.2 Å². The quantitative estimate of drug-likeness (QED) is 0.902. The Morgan fingerprint density at radius 1 is 1.00 bits per heavy atom. The Balaban J connectivity index is 1.62. The van der Waals surface area contributed by atoms with E-state index in [-0.39, 0.29) is 4.90 Å². The number of aryl methyl sites for hydroxylation is 1. The maximum Gasteiger partial charge on any atom is 0.243 e. The molecule has 1 fully saturated rings. The van der Waals surface area contributed by atoms with E-state index in [1.807, 2.05) is 0 Å². The van der Waals surface area contributed by atoms with E-state index < -0.39 is 15.8 Å². The molecule has 2 aromatic rings. The van der Waals surface area contributed by atoms with Gasteiger partial charge in [-0.2, -0.15) is 4.31 Å². The van der Waals surface area contributed by atoms with Crippen molar-refractivity contribution in [3.8, 4) is 0 Å². The first kappa shape index (κ1) is 17.1. The van der Waals surface area contributed by atoms with Gasteiger partial charge in [-0.25, -0.2) is 12.8 Å². The second-order valence-electron chi connectivity index (χ2n) is 6.27. The number of sulfonamides is 1. The molecule has 0 unspecified atom stereocenters. The molecule has 128 valence electrons. The summed E-state index contributed by atoms with van der Waals surface area (Å²) in [7, 11) is -3.53. The van der Waals surface area contributed by atoms with Crippen LogP contribution in [-0.4, -0.2) is 38.9 Å². The summed E-state index contributed by atoms with van der Waals surface area (Å²) in [6.45, 7) is 5.49. The highest BCUT2D eigenvalue weighted by atomic mass is 32.2. The molecule has 0 aliphatic carbocycles. The van der Waals surface area contributed by atoms with Crippen molar-refractivity contribution < 1.29 is 17.7 Å². The number of piperazine rings is 1. The van der Waals surface area contributed by atoms with Gasteiger partial charge < -0.3 is 4.90 Å². The van der Waals surface area contributed by atoms with Crippen LogP contribution in [0.15, 0.2) is 53.4 Å². The van der Waals surface area contributed by atoms with Crippen LogP contribution in [0.1, 0.15) is 11.1 Å². The van der Waals surface area contributed by atoms with Gasteiger partial charge in [0.15, 0.2) is 0 Å². The lowest BCUT2D eigenvalue weighted by molar-refractivity contribution is -0.917. The zero-order chi connectivity index (χ0) is 17.2. The molecule has 24 heavy (non-hydrogen) atoms. The van der Waals surface area contributed by atoms with Gasteiger partial charge in [0, 0.05) is 5.56 Å². The van der Waals surface area contributed by atoms with Crippen molar-refractivity contribution in [2.45, 2.75) is 18.4 Å². The second-order valence-corrected chi connectivity index (χ2v) is 8.21. The smallest absolute Gasteiger partial charge is 0.243 e. The summed E-state index contributed by atoms with van der Waals surface area (Å²) in [5, 5.41) is 0. The van der Waals surface area contributed by atoms with E-state index in [0.717, 1.165) is 19.6 Å². The third-order valence-corrected chi connectivity index (χ3v) is 6.37. The van der Waals surface area contributed by atoms with Gasteiger partial charge in [-0.15, -0.1) is 0 Å². The maximum atomic E-state index is 13.0. The Bertz CT molecular complexity index is 781. The van der Waals surface area contributed by atoms with Gasteiger partial charge in [0.25, 0.3) is 0 Å². The molecule has 0 aromatic heterocycles. The molecule has 0 spiro atoms. The van der Waals surface area contributed by atoms with Gasteiger partial charge in [-0.3, -0.25) is 0 Å². The fourth-order valence-corrected chi connectivity index (χ4v) is 4.41. The van der Waals surface area contributed by atoms with Crippen LogP contribution in [0.5, 0.6) is 0 Å². The maximum absolute atomic E-state index is 13.0. The Morgan fingerprint density at radius 3 is 2.17 bits per heavy atom. The Hall–Kier alpha value is -1.76. The topological polar surface area (TPSA) is 41.8 Å². The van der Waals surface area contributed by atoms with Crippen LogP contribution in [0.2, 0.25) is 0 Å². The molecule has 1 aliphatic heterocycles. The highest BCUT2D eigenvalue weighted by Gasteiger charge is 2.30. The Labute approximate surface area is 142 Å². The van der Waals surface area contributed by atoms with Gasteiger partial charge in [0.1, 0.15) is 12.4 Å². The number of benzene rings is 2. The third-order valence-electron chi connectivity index (χ3n) is 4.46. The van der Waals surface area contributed by atoms with Gasteiger partial charge in [-0.05, 0) is 31.2 Å².